The summed E-state index contributed by atoms with van der Waals surface area (Å²) in [5.41, 5.74) is 6.91. The van der Waals surface area contributed by atoms with E-state index in [1.165, 1.54) is 12.1 Å². The predicted molar refractivity (Wildman–Crippen MR) is 129 cm³/mol. The molecule has 0 bridgehead atoms. The lowest BCUT2D eigenvalue weighted by Gasteiger charge is -2.43. The van der Waals surface area contributed by atoms with Crippen LogP contribution in [-0.2, 0) is 5.54 Å². The summed E-state index contributed by atoms with van der Waals surface area (Å²) < 4.78 is 43.0. The minimum absolute atomic E-state index is 0.173. The fourth-order valence-corrected chi connectivity index (χ4v) is 5.76. The first-order chi connectivity index (χ1) is 16.6. The van der Waals surface area contributed by atoms with Crippen molar-refractivity contribution in [2.75, 3.05) is 5.32 Å². The molecule has 8 heteroatoms. The number of rotatable bonds is 4. The molecule has 5 rings (SSSR count). The number of aliphatic imine (C=N–C) groups is 1. The number of aromatic nitrogens is 1. The molecule has 0 unspecified atom stereocenters. The topological polar surface area (TPSA) is 80.4 Å². The summed E-state index contributed by atoms with van der Waals surface area (Å²) in [6.45, 7) is 1.81. The van der Waals surface area contributed by atoms with E-state index in [0.717, 1.165) is 18.4 Å². The number of halogens is 3. The van der Waals surface area contributed by atoms with Crippen molar-refractivity contribution < 1.29 is 18.0 Å². The van der Waals surface area contributed by atoms with Crippen LogP contribution in [-0.4, -0.2) is 22.6 Å². The lowest BCUT2D eigenvalue weighted by atomic mass is 9.64. The summed E-state index contributed by atoms with van der Waals surface area (Å²) in [4.78, 5) is 21.7. The second kappa shape index (κ2) is 8.64. The minimum Gasteiger partial charge on any atom is -0.387 e. The number of carbonyl (C=O) groups excluding carboxylic acids is 1. The quantitative estimate of drug-likeness (QED) is 0.534. The van der Waals surface area contributed by atoms with Crippen molar-refractivity contribution in [1.82, 2.24) is 4.98 Å². The Balaban J connectivity index is 1.40. The molecular weight excluding hydrogens is 453 g/mol. The molecule has 0 saturated heterocycles. The molecule has 2 saturated carbocycles. The highest BCUT2D eigenvalue weighted by Crippen LogP contribution is 2.54. The molecule has 186 valence electrons. The molecule has 3 N–H and O–H groups in total. The predicted octanol–water partition coefficient (Wildman–Crippen LogP) is 6.30. The molecule has 1 spiro atoms. The maximum absolute atomic E-state index is 15.2. The van der Waals surface area contributed by atoms with Gasteiger partial charge in [-0.1, -0.05) is 6.07 Å². The van der Waals surface area contributed by atoms with Crippen LogP contribution in [0.25, 0.3) is 0 Å². The van der Waals surface area contributed by atoms with Crippen molar-refractivity contribution in [3.05, 3.63) is 59.2 Å². The number of nitrogens with zero attached hydrogens (tertiary/aromatic N) is 2. The molecule has 1 aromatic carbocycles. The lowest BCUT2D eigenvalue weighted by molar-refractivity contribution is -0.0738. The highest BCUT2D eigenvalue weighted by molar-refractivity contribution is 6.02. The van der Waals surface area contributed by atoms with Crippen LogP contribution in [0, 0.1) is 11.2 Å². The van der Waals surface area contributed by atoms with E-state index >= 15 is 4.39 Å². The minimum atomic E-state index is -2.65. The number of pyridine rings is 1. The zero-order valence-electron chi connectivity index (χ0n) is 19.9. The molecule has 1 aliphatic heterocycles. The summed E-state index contributed by atoms with van der Waals surface area (Å²) in [7, 11) is 0. The third-order valence-electron chi connectivity index (χ3n) is 7.94. The molecular formula is C27H31F3N4O. The van der Waals surface area contributed by atoms with E-state index in [9.17, 15) is 13.6 Å². The standard InChI is InChI=1S/C27H31F3N4O/c1-25(16-26(9-8-23(31)34-25)10-12-27(29,30)13-11-26)20-14-19(5-6-21(20)28)33-24(35)22-7-4-18(15-32-22)17-2-3-17/h4-7,14-15,17H,2-3,8-13,16H2,1H3,(H2,31,34)(H,33,35)/t25-/m0/s1. The van der Waals surface area contributed by atoms with E-state index < -0.39 is 17.3 Å². The normalized spacial score (nSPS) is 25.5. The first-order valence-corrected chi connectivity index (χ1v) is 12.4. The van der Waals surface area contributed by atoms with Crippen molar-refractivity contribution in [2.24, 2.45) is 16.1 Å². The van der Waals surface area contributed by atoms with E-state index in [1.54, 1.807) is 18.3 Å². The monoisotopic (exact) mass is 484 g/mol. The van der Waals surface area contributed by atoms with Gasteiger partial charge in [0.15, 0.2) is 0 Å². The van der Waals surface area contributed by atoms with Crippen LogP contribution in [0.1, 0.15) is 92.2 Å². The maximum atomic E-state index is 15.2. The van der Waals surface area contributed by atoms with Gasteiger partial charge in [0.25, 0.3) is 5.91 Å². The Morgan fingerprint density at radius 1 is 1.09 bits per heavy atom. The zero-order valence-corrected chi connectivity index (χ0v) is 19.9. The fourth-order valence-electron chi connectivity index (χ4n) is 5.76. The third-order valence-corrected chi connectivity index (χ3v) is 7.94. The SMILES string of the molecule is C[C@@]1(c2cc(NC(=O)c3ccc(C4CC4)cn3)ccc2F)CC2(CCC(N)=N1)CCC(F)(F)CC2. The van der Waals surface area contributed by atoms with Crippen molar-refractivity contribution >= 4 is 17.4 Å². The molecule has 2 heterocycles. The van der Waals surface area contributed by atoms with Gasteiger partial charge in [-0.25, -0.2) is 13.2 Å². The number of benzene rings is 1. The van der Waals surface area contributed by atoms with Gasteiger partial charge in [0.2, 0.25) is 5.92 Å². The van der Waals surface area contributed by atoms with Gasteiger partial charge in [-0.05, 0) is 86.6 Å². The van der Waals surface area contributed by atoms with Crippen molar-refractivity contribution in [2.45, 2.75) is 82.1 Å². The van der Waals surface area contributed by atoms with Gasteiger partial charge in [0.05, 0.1) is 11.4 Å². The summed E-state index contributed by atoms with van der Waals surface area (Å²) in [6.07, 6.45) is 6.01. The van der Waals surface area contributed by atoms with Crippen LogP contribution in [0.2, 0.25) is 0 Å². The van der Waals surface area contributed by atoms with Gasteiger partial charge in [-0.15, -0.1) is 0 Å². The average Bonchev–Trinajstić information content (AvgIpc) is 3.67. The molecule has 1 atom stereocenters. The van der Waals surface area contributed by atoms with Gasteiger partial charge < -0.3 is 11.1 Å². The summed E-state index contributed by atoms with van der Waals surface area (Å²) in [6, 6.07) is 8.01. The number of nitrogens with one attached hydrogen (secondary N) is 1. The van der Waals surface area contributed by atoms with Crippen LogP contribution >= 0.6 is 0 Å². The summed E-state index contributed by atoms with van der Waals surface area (Å²) >= 11 is 0. The van der Waals surface area contributed by atoms with Gasteiger partial charge in [0.1, 0.15) is 11.5 Å². The Kier molecular flexibility index (Phi) is 5.88. The molecule has 2 aromatic rings. The van der Waals surface area contributed by atoms with E-state index in [0.29, 0.717) is 55.1 Å². The third kappa shape index (κ3) is 5.07. The lowest BCUT2D eigenvalue weighted by Crippen LogP contribution is -2.37. The Morgan fingerprint density at radius 3 is 2.49 bits per heavy atom. The molecule has 35 heavy (non-hydrogen) atoms. The summed E-state index contributed by atoms with van der Waals surface area (Å²) in [5, 5.41) is 2.81. The Morgan fingerprint density at radius 2 is 1.83 bits per heavy atom. The molecule has 0 radical (unpaired) electrons. The van der Waals surface area contributed by atoms with Crippen LogP contribution in [0.5, 0.6) is 0 Å². The number of anilines is 1. The average molecular weight is 485 g/mol. The fraction of sp³-hybridized carbons (Fsp3) is 0.519. The number of amidine groups is 1. The number of alkyl halides is 2. The molecule has 2 fully saturated rings. The van der Waals surface area contributed by atoms with E-state index in [1.807, 2.05) is 13.0 Å². The highest BCUT2D eigenvalue weighted by atomic mass is 19.3. The van der Waals surface area contributed by atoms with Crippen LogP contribution in [0.3, 0.4) is 0 Å². The largest absolute Gasteiger partial charge is 0.387 e. The van der Waals surface area contributed by atoms with Crippen molar-refractivity contribution in [3.63, 3.8) is 0 Å². The Labute approximate surface area is 203 Å². The highest BCUT2D eigenvalue weighted by Gasteiger charge is 2.48. The van der Waals surface area contributed by atoms with E-state index in [4.69, 9.17) is 5.73 Å². The van der Waals surface area contributed by atoms with Gasteiger partial charge in [-0.2, -0.15) is 0 Å². The number of nitrogens with two attached hydrogens (primary N) is 1. The first kappa shape index (κ1) is 23.8. The van der Waals surface area contributed by atoms with E-state index in [-0.39, 0.29) is 29.9 Å². The number of hydrogen-bond acceptors (Lipinski definition) is 4. The van der Waals surface area contributed by atoms with Crippen molar-refractivity contribution in [3.8, 4) is 0 Å². The first-order valence-electron chi connectivity index (χ1n) is 12.4. The number of carbonyl (C=O) groups is 1. The number of amides is 1. The number of hydrogen-bond donors (Lipinski definition) is 2. The molecule has 3 aliphatic rings. The van der Waals surface area contributed by atoms with Gasteiger partial charge in [-0.3, -0.25) is 14.8 Å². The second-order valence-corrected chi connectivity index (χ2v) is 10.8. The zero-order chi connectivity index (χ0) is 24.8. The molecule has 5 nitrogen and oxygen atoms in total. The molecule has 1 amide bonds. The smallest absolute Gasteiger partial charge is 0.274 e. The second-order valence-electron chi connectivity index (χ2n) is 10.8. The Hall–Kier alpha value is -2.90. The van der Waals surface area contributed by atoms with Gasteiger partial charge in [0, 0.05) is 36.7 Å². The maximum Gasteiger partial charge on any atom is 0.274 e. The molecule has 2 aliphatic carbocycles. The Bertz CT molecular complexity index is 1150. The van der Waals surface area contributed by atoms with Crippen LogP contribution < -0.4 is 11.1 Å². The van der Waals surface area contributed by atoms with Gasteiger partial charge >= 0.3 is 0 Å². The molecule has 1 aromatic heterocycles. The van der Waals surface area contributed by atoms with E-state index in [2.05, 4.69) is 15.3 Å². The van der Waals surface area contributed by atoms with Crippen LogP contribution in [0.15, 0.2) is 41.5 Å². The summed E-state index contributed by atoms with van der Waals surface area (Å²) in [5.74, 6) is -2.56. The van der Waals surface area contributed by atoms with Crippen LogP contribution in [0.4, 0.5) is 18.9 Å². The van der Waals surface area contributed by atoms with Crippen molar-refractivity contribution in [1.29, 1.82) is 0 Å².